The molecular formula is C23H29ClN4O2. The van der Waals surface area contributed by atoms with Gasteiger partial charge in [-0.1, -0.05) is 25.4 Å². The zero-order valence-corrected chi connectivity index (χ0v) is 18.3. The smallest absolute Gasteiger partial charge is 0.323 e. The molecule has 2 aromatic carbocycles. The van der Waals surface area contributed by atoms with E-state index in [4.69, 9.17) is 11.6 Å². The van der Waals surface area contributed by atoms with Crippen molar-refractivity contribution in [3.63, 3.8) is 0 Å². The predicted octanol–water partition coefficient (Wildman–Crippen LogP) is 5.07. The Morgan fingerprint density at radius 1 is 0.867 bits per heavy atom. The average Bonchev–Trinajstić information content (AvgIpc) is 2.77. The van der Waals surface area contributed by atoms with E-state index in [-0.39, 0.29) is 17.9 Å². The van der Waals surface area contributed by atoms with Gasteiger partial charge in [0.25, 0.3) is 0 Å². The third-order valence-electron chi connectivity index (χ3n) is 5.52. The molecule has 0 spiro atoms. The number of hydrogen-bond donors (Lipinski definition) is 2. The maximum atomic E-state index is 12.6. The van der Waals surface area contributed by atoms with Gasteiger partial charge < -0.3 is 20.4 Å². The predicted molar refractivity (Wildman–Crippen MR) is 123 cm³/mol. The number of anilines is 3. The number of urea groups is 1. The van der Waals surface area contributed by atoms with Gasteiger partial charge in [-0.2, -0.15) is 0 Å². The van der Waals surface area contributed by atoms with Crippen molar-refractivity contribution in [3.8, 4) is 0 Å². The lowest BCUT2D eigenvalue weighted by molar-refractivity contribution is -0.136. The van der Waals surface area contributed by atoms with Gasteiger partial charge in [0.15, 0.2) is 0 Å². The number of halogens is 1. The maximum Gasteiger partial charge on any atom is 0.323 e. The topological polar surface area (TPSA) is 64.7 Å². The SMILES string of the molecule is CCC(CC)C(=O)N1CCN(c2ccc(NC(=O)Nc3ccc(Cl)cc3)cc2)CC1. The second-order valence-electron chi connectivity index (χ2n) is 7.46. The molecule has 160 valence electrons. The lowest BCUT2D eigenvalue weighted by Crippen LogP contribution is -2.50. The first-order valence-electron chi connectivity index (χ1n) is 10.5. The minimum Gasteiger partial charge on any atom is -0.368 e. The first kappa shape index (κ1) is 22.0. The van der Waals surface area contributed by atoms with E-state index in [2.05, 4.69) is 29.4 Å². The van der Waals surface area contributed by atoms with Gasteiger partial charge in [0.2, 0.25) is 5.91 Å². The summed E-state index contributed by atoms with van der Waals surface area (Å²) in [6.45, 7) is 7.28. The number of hydrogen-bond acceptors (Lipinski definition) is 3. The number of amides is 3. The molecule has 0 saturated carbocycles. The highest BCUT2D eigenvalue weighted by Crippen LogP contribution is 2.21. The lowest BCUT2D eigenvalue weighted by Gasteiger charge is -2.37. The molecule has 1 saturated heterocycles. The van der Waals surface area contributed by atoms with Crippen LogP contribution in [0.1, 0.15) is 26.7 Å². The Balaban J connectivity index is 1.50. The van der Waals surface area contributed by atoms with Gasteiger partial charge >= 0.3 is 6.03 Å². The number of rotatable bonds is 6. The van der Waals surface area contributed by atoms with E-state index in [1.54, 1.807) is 24.3 Å². The van der Waals surface area contributed by atoms with Gasteiger partial charge in [0.05, 0.1) is 0 Å². The quantitative estimate of drug-likeness (QED) is 0.675. The van der Waals surface area contributed by atoms with E-state index < -0.39 is 0 Å². The minimum absolute atomic E-state index is 0.140. The monoisotopic (exact) mass is 428 g/mol. The normalized spacial score (nSPS) is 14.0. The standard InChI is InChI=1S/C23H29ClN4O2/c1-3-17(4-2)22(29)28-15-13-27(14-16-28)21-11-9-20(10-12-21)26-23(30)25-19-7-5-18(24)6-8-19/h5-12,17H,3-4,13-16H2,1-2H3,(H2,25,26,30). The molecule has 2 N–H and O–H groups in total. The van der Waals surface area contributed by atoms with Crippen LogP contribution in [-0.4, -0.2) is 43.0 Å². The summed E-state index contributed by atoms with van der Waals surface area (Å²) in [4.78, 5) is 29.0. The summed E-state index contributed by atoms with van der Waals surface area (Å²) in [7, 11) is 0. The third kappa shape index (κ3) is 5.66. The Labute approximate surface area is 183 Å². The van der Waals surface area contributed by atoms with Gasteiger partial charge in [0, 0.05) is 54.2 Å². The van der Waals surface area contributed by atoms with Crippen molar-refractivity contribution in [3.05, 3.63) is 53.6 Å². The summed E-state index contributed by atoms with van der Waals surface area (Å²) in [5.74, 6) is 0.423. The minimum atomic E-state index is -0.307. The maximum absolute atomic E-state index is 12.6. The van der Waals surface area contributed by atoms with E-state index >= 15 is 0 Å². The van der Waals surface area contributed by atoms with Crippen molar-refractivity contribution in [2.24, 2.45) is 5.92 Å². The molecule has 30 heavy (non-hydrogen) atoms. The van der Waals surface area contributed by atoms with Gasteiger partial charge in [0.1, 0.15) is 0 Å². The van der Waals surface area contributed by atoms with Crippen molar-refractivity contribution in [2.75, 3.05) is 41.7 Å². The number of carbonyl (C=O) groups is 2. The van der Waals surface area contributed by atoms with Crippen LogP contribution in [0.4, 0.5) is 21.9 Å². The Hall–Kier alpha value is -2.73. The van der Waals surface area contributed by atoms with Crippen molar-refractivity contribution in [2.45, 2.75) is 26.7 Å². The number of benzene rings is 2. The highest BCUT2D eigenvalue weighted by atomic mass is 35.5. The Bertz CT molecular complexity index is 843. The van der Waals surface area contributed by atoms with E-state index in [0.717, 1.165) is 44.7 Å². The van der Waals surface area contributed by atoms with Crippen LogP contribution < -0.4 is 15.5 Å². The van der Waals surface area contributed by atoms with Gasteiger partial charge in [-0.15, -0.1) is 0 Å². The molecule has 0 bridgehead atoms. The molecule has 0 aliphatic carbocycles. The molecule has 0 radical (unpaired) electrons. The van der Waals surface area contributed by atoms with Crippen molar-refractivity contribution in [1.82, 2.24) is 4.90 Å². The van der Waals surface area contributed by atoms with Crippen molar-refractivity contribution >= 4 is 40.6 Å². The van der Waals surface area contributed by atoms with E-state index in [9.17, 15) is 9.59 Å². The Morgan fingerprint density at radius 2 is 1.37 bits per heavy atom. The molecule has 1 fully saturated rings. The second kappa shape index (κ2) is 10.3. The third-order valence-corrected chi connectivity index (χ3v) is 5.77. The van der Waals surface area contributed by atoms with Gasteiger partial charge in [-0.05, 0) is 61.4 Å². The lowest BCUT2D eigenvalue weighted by atomic mass is 10.0. The summed E-state index contributed by atoms with van der Waals surface area (Å²) in [5.41, 5.74) is 2.48. The van der Waals surface area contributed by atoms with Crippen LogP contribution in [0.3, 0.4) is 0 Å². The molecule has 1 aliphatic rings. The molecule has 7 heteroatoms. The molecule has 3 rings (SSSR count). The van der Waals surface area contributed by atoms with Crippen molar-refractivity contribution in [1.29, 1.82) is 0 Å². The molecule has 1 heterocycles. The van der Waals surface area contributed by atoms with Crippen LogP contribution >= 0.6 is 11.6 Å². The van der Waals surface area contributed by atoms with Crippen LogP contribution in [0.2, 0.25) is 5.02 Å². The molecule has 6 nitrogen and oxygen atoms in total. The highest BCUT2D eigenvalue weighted by Gasteiger charge is 2.25. The summed E-state index contributed by atoms with van der Waals surface area (Å²) < 4.78 is 0. The fourth-order valence-electron chi connectivity index (χ4n) is 3.66. The largest absolute Gasteiger partial charge is 0.368 e. The van der Waals surface area contributed by atoms with Crippen LogP contribution in [0, 0.1) is 5.92 Å². The Morgan fingerprint density at radius 3 is 1.87 bits per heavy atom. The molecule has 2 aromatic rings. The van der Waals surface area contributed by atoms with E-state index in [0.29, 0.717) is 16.4 Å². The molecule has 3 amide bonds. The molecule has 0 atom stereocenters. The average molecular weight is 429 g/mol. The first-order valence-corrected chi connectivity index (χ1v) is 10.8. The van der Waals surface area contributed by atoms with Crippen molar-refractivity contribution < 1.29 is 9.59 Å². The number of nitrogens with one attached hydrogen (secondary N) is 2. The van der Waals surface area contributed by atoms with Crippen LogP contribution in [0.15, 0.2) is 48.5 Å². The zero-order valence-electron chi connectivity index (χ0n) is 17.5. The summed E-state index contributed by atoms with van der Waals surface area (Å²) in [6, 6.07) is 14.4. The second-order valence-corrected chi connectivity index (χ2v) is 7.90. The first-order chi connectivity index (χ1) is 14.5. The van der Waals surface area contributed by atoms with Crippen LogP contribution in [-0.2, 0) is 4.79 Å². The summed E-state index contributed by atoms with van der Waals surface area (Å²) in [5, 5.41) is 6.22. The molecule has 0 unspecified atom stereocenters. The fraction of sp³-hybridized carbons (Fsp3) is 0.391. The number of nitrogens with zero attached hydrogens (tertiary/aromatic N) is 2. The number of piperazine rings is 1. The van der Waals surface area contributed by atoms with E-state index in [1.807, 2.05) is 29.2 Å². The van der Waals surface area contributed by atoms with E-state index in [1.165, 1.54) is 0 Å². The van der Waals surface area contributed by atoms with Crippen LogP contribution in [0.25, 0.3) is 0 Å². The summed E-state index contributed by atoms with van der Waals surface area (Å²) in [6.07, 6.45) is 1.80. The van der Waals surface area contributed by atoms with Gasteiger partial charge in [-0.25, -0.2) is 4.79 Å². The molecule has 0 aromatic heterocycles. The summed E-state index contributed by atoms with van der Waals surface area (Å²) >= 11 is 5.86. The highest BCUT2D eigenvalue weighted by molar-refractivity contribution is 6.30. The zero-order chi connectivity index (χ0) is 21.5. The fourth-order valence-corrected chi connectivity index (χ4v) is 3.79. The van der Waals surface area contributed by atoms with Gasteiger partial charge in [-0.3, -0.25) is 4.79 Å². The number of carbonyl (C=O) groups excluding carboxylic acids is 2. The molecule has 1 aliphatic heterocycles. The molecular weight excluding hydrogens is 400 g/mol. The Kier molecular flexibility index (Phi) is 7.57. The van der Waals surface area contributed by atoms with Crippen LogP contribution in [0.5, 0.6) is 0 Å².